The fourth-order valence-electron chi connectivity index (χ4n) is 2.31. The topological polar surface area (TPSA) is 41.6 Å². The molecular formula is C17H11Cl2N3. The fourth-order valence-corrected chi connectivity index (χ4v) is 2.69. The number of nitriles is 1. The minimum atomic E-state index is 0.477. The molecule has 1 heterocycles. The van der Waals surface area contributed by atoms with E-state index in [4.69, 9.17) is 23.2 Å². The Morgan fingerprint density at radius 1 is 1.09 bits per heavy atom. The van der Waals surface area contributed by atoms with Crippen molar-refractivity contribution >= 4 is 23.2 Å². The summed E-state index contributed by atoms with van der Waals surface area (Å²) in [5.74, 6) is 0.722. The van der Waals surface area contributed by atoms with Gasteiger partial charge in [0.2, 0.25) is 0 Å². The summed E-state index contributed by atoms with van der Waals surface area (Å²) in [6.07, 6.45) is 3.57. The summed E-state index contributed by atoms with van der Waals surface area (Å²) in [6, 6.07) is 15.2. The van der Waals surface area contributed by atoms with E-state index in [1.165, 1.54) is 0 Å². The lowest BCUT2D eigenvalue weighted by molar-refractivity contribution is 0.805. The van der Waals surface area contributed by atoms with Crippen LogP contribution in [0, 0.1) is 11.3 Å². The number of imidazole rings is 1. The zero-order valence-corrected chi connectivity index (χ0v) is 13.0. The van der Waals surface area contributed by atoms with E-state index in [0.29, 0.717) is 22.2 Å². The molecule has 0 radical (unpaired) electrons. The van der Waals surface area contributed by atoms with Gasteiger partial charge in [0.05, 0.1) is 28.2 Å². The van der Waals surface area contributed by atoms with Gasteiger partial charge in [-0.1, -0.05) is 47.5 Å². The van der Waals surface area contributed by atoms with E-state index in [-0.39, 0.29) is 0 Å². The number of hydrogen-bond acceptors (Lipinski definition) is 2. The van der Waals surface area contributed by atoms with Crippen LogP contribution in [-0.2, 0) is 6.54 Å². The Morgan fingerprint density at radius 2 is 1.91 bits per heavy atom. The molecule has 0 bridgehead atoms. The first kappa shape index (κ1) is 14.6. The molecule has 1 aromatic heterocycles. The van der Waals surface area contributed by atoms with Crippen LogP contribution in [0.3, 0.4) is 0 Å². The molecule has 0 unspecified atom stereocenters. The average molecular weight is 328 g/mol. The number of aromatic nitrogens is 2. The van der Waals surface area contributed by atoms with E-state index in [2.05, 4.69) is 11.1 Å². The molecule has 3 nitrogen and oxygen atoms in total. The molecule has 0 spiro atoms. The molecule has 22 heavy (non-hydrogen) atoms. The standard InChI is InChI=1S/C17H11Cl2N3/c18-15-7-3-6-14(16(15)19)17-21-8-9-22(17)11-13-5-2-1-4-12(13)10-20/h1-9H,11H2. The maximum atomic E-state index is 9.20. The van der Waals surface area contributed by atoms with Crippen LogP contribution in [0.1, 0.15) is 11.1 Å². The summed E-state index contributed by atoms with van der Waals surface area (Å²) in [6.45, 7) is 0.544. The number of hydrogen-bond donors (Lipinski definition) is 0. The Labute approximate surface area is 138 Å². The second-order valence-corrected chi connectivity index (χ2v) is 5.53. The Morgan fingerprint density at radius 3 is 2.73 bits per heavy atom. The molecule has 0 saturated carbocycles. The van der Waals surface area contributed by atoms with Crippen LogP contribution in [-0.4, -0.2) is 9.55 Å². The molecule has 2 aromatic carbocycles. The van der Waals surface area contributed by atoms with E-state index in [1.807, 2.05) is 41.1 Å². The monoisotopic (exact) mass is 327 g/mol. The summed E-state index contributed by atoms with van der Waals surface area (Å²) in [5.41, 5.74) is 2.36. The van der Waals surface area contributed by atoms with Crippen LogP contribution in [0.25, 0.3) is 11.4 Å². The van der Waals surface area contributed by atoms with Gasteiger partial charge in [-0.05, 0) is 23.8 Å². The van der Waals surface area contributed by atoms with Gasteiger partial charge in [0, 0.05) is 18.0 Å². The normalized spacial score (nSPS) is 10.4. The lowest BCUT2D eigenvalue weighted by atomic mass is 10.1. The lowest BCUT2D eigenvalue weighted by Gasteiger charge is -2.11. The van der Waals surface area contributed by atoms with Crippen molar-refractivity contribution < 1.29 is 0 Å². The van der Waals surface area contributed by atoms with Gasteiger partial charge in [-0.25, -0.2) is 4.98 Å². The molecule has 0 fully saturated rings. The van der Waals surface area contributed by atoms with Gasteiger partial charge in [-0.3, -0.25) is 0 Å². The third-order valence-corrected chi connectivity index (χ3v) is 4.21. The fraction of sp³-hybridized carbons (Fsp3) is 0.0588. The van der Waals surface area contributed by atoms with E-state index >= 15 is 0 Å². The SMILES string of the molecule is N#Cc1ccccc1Cn1ccnc1-c1cccc(Cl)c1Cl. The van der Waals surface area contributed by atoms with E-state index in [9.17, 15) is 5.26 Å². The molecule has 0 saturated heterocycles. The quantitative estimate of drug-likeness (QED) is 0.694. The molecule has 3 aromatic rings. The van der Waals surface area contributed by atoms with Gasteiger partial charge in [0.1, 0.15) is 5.82 Å². The molecule has 5 heteroatoms. The largest absolute Gasteiger partial charge is 0.326 e. The van der Waals surface area contributed by atoms with Crippen LogP contribution < -0.4 is 0 Å². The maximum absolute atomic E-state index is 9.20. The maximum Gasteiger partial charge on any atom is 0.141 e. The first-order chi connectivity index (χ1) is 10.7. The van der Waals surface area contributed by atoms with Crippen LogP contribution in [0.15, 0.2) is 54.9 Å². The minimum Gasteiger partial charge on any atom is -0.326 e. The summed E-state index contributed by atoms with van der Waals surface area (Å²) in [7, 11) is 0. The second-order valence-electron chi connectivity index (χ2n) is 4.75. The number of halogens is 2. The summed E-state index contributed by atoms with van der Waals surface area (Å²) in [5, 5.41) is 10.2. The second kappa shape index (κ2) is 6.23. The first-order valence-electron chi connectivity index (χ1n) is 6.64. The average Bonchev–Trinajstić information content (AvgIpc) is 2.98. The Kier molecular flexibility index (Phi) is 4.15. The summed E-state index contributed by atoms with van der Waals surface area (Å²) < 4.78 is 1.95. The van der Waals surface area contributed by atoms with Crippen LogP contribution in [0.5, 0.6) is 0 Å². The minimum absolute atomic E-state index is 0.477. The number of rotatable bonds is 3. The van der Waals surface area contributed by atoms with Gasteiger partial charge in [0.25, 0.3) is 0 Å². The zero-order valence-electron chi connectivity index (χ0n) is 11.5. The van der Waals surface area contributed by atoms with Gasteiger partial charge in [0.15, 0.2) is 0 Å². The summed E-state index contributed by atoms with van der Waals surface area (Å²) in [4.78, 5) is 4.38. The summed E-state index contributed by atoms with van der Waals surface area (Å²) >= 11 is 12.4. The zero-order chi connectivity index (χ0) is 15.5. The molecule has 0 aliphatic heterocycles. The van der Waals surface area contributed by atoms with Gasteiger partial charge in [-0.15, -0.1) is 0 Å². The number of benzene rings is 2. The van der Waals surface area contributed by atoms with Crippen LogP contribution >= 0.6 is 23.2 Å². The van der Waals surface area contributed by atoms with Gasteiger partial charge >= 0.3 is 0 Å². The van der Waals surface area contributed by atoms with Crippen molar-refractivity contribution in [1.29, 1.82) is 5.26 Å². The Bertz CT molecular complexity index is 862. The van der Waals surface area contributed by atoms with E-state index in [1.54, 1.807) is 18.3 Å². The van der Waals surface area contributed by atoms with E-state index < -0.39 is 0 Å². The molecule has 0 aliphatic rings. The Balaban J connectivity index is 2.03. The highest BCUT2D eigenvalue weighted by Gasteiger charge is 2.13. The molecule has 0 N–H and O–H groups in total. The lowest BCUT2D eigenvalue weighted by Crippen LogP contribution is -2.03. The predicted molar refractivity (Wildman–Crippen MR) is 87.9 cm³/mol. The van der Waals surface area contributed by atoms with Crippen molar-refractivity contribution in [3.8, 4) is 17.5 Å². The highest BCUT2D eigenvalue weighted by molar-refractivity contribution is 6.43. The van der Waals surface area contributed by atoms with Gasteiger partial charge in [-0.2, -0.15) is 5.26 Å². The van der Waals surface area contributed by atoms with Gasteiger partial charge < -0.3 is 4.57 Å². The third kappa shape index (κ3) is 2.71. The van der Waals surface area contributed by atoms with Crippen molar-refractivity contribution in [3.05, 3.63) is 76.0 Å². The van der Waals surface area contributed by atoms with Crippen LogP contribution in [0.2, 0.25) is 10.0 Å². The first-order valence-corrected chi connectivity index (χ1v) is 7.40. The van der Waals surface area contributed by atoms with Crippen molar-refractivity contribution in [2.45, 2.75) is 6.54 Å². The van der Waals surface area contributed by atoms with Crippen molar-refractivity contribution in [1.82, 2.24) is 9.55 Å². The predicted octanol–water partition coefficient (Wildman–Crippen LogP) is 4.78. The van der Waals surface area contributed by atoms with E-state index in [0.717, 1.165) is 17.0 Å². The highest BCUT2D eigenvalue weighted by atomic mass is 35.5. The van der Waals surface area contributed by atoms with Crippen molar-refractivity contribution in [2.24, 2.45) is 0 Å². The van der Waals surface area contributed by atoms with Crippen molar-refractivity contribution in [2.75, 3.05) is 0 Å². The molecule has 0 atom stereocenters. The van der Waals surface area contributed by atoms with Crippen molar-refractivity contribution in [3.63, 3.8) is 0 Å². The molecule has 108 valence electrons. The molecular weight excluding hydrogens is 317 g/mol. The van der Waals surface area contributed by atoms with Crippen LogP contribution in [0.4, 0.5) is 0 Å². The Hall–Kier alpha value is -2.28. The molecule has 0 amide bonds. The highest BCUT2D eigenvalue weighted by Crippen LogP contribution is 2.32. The third-order valence-electron chi connectivity index (χ3n) is 3.39. The smallest absolute Gasteiger partial charge is 0.141 e. The molecule has 3 rings (SSSR count). The molecule has 0 aliphatic carbocycles. The number of nitrogens with zero attached hydrogens (tertiary/aromatic N) is 3.